The SMILES string of the molecule is NCC1CCCN(Cc2ccc(OC(F)F)cc2)C1. The first-order chi connectivity index (χ1) is 9.17. The zero-order valence-electron chi connectivity index (χ0n) is 10.9. The first kappa shape index (κ1) is 14.2. The molecule has 3 nitrogen and oxygen atoms in total. The van der Waals surface area contributed by atoms with Crippen molar-refractivity contribution in [1.29, 1.82) is 0 Å². The molecular weight excluding hydrogens is 250 g/mol. The summed E-state index contributed by atoms with van der Waals surface area (Å²) in [4.78, 5) is 2.37. The summed E-state index contributed by atoms with van der Waals surface area (Å²) >= 11 is 0. The molecule has 1 saturated heterocycles. The van der Waals surface area contributed by atoms with Gasteiger partial charge in [0.2, 0.25) is 0 Å². The molecule has 0 bridgehead atoms. The molecule has 1 heterocycles. The highest BCUT2D eigenvalue weighted by Crippen LogP contribution is 2.19. The highest BCUT2D eigenvalue weighted by molar-refractivity contribution is 5.27. The van der Waals surface area contributed by atoms with Gasteiger partial charge >= 0.3 is 6.61 Å². The molecule has 1 aromatic carbocycles. The topological polar surface area (TPSA) is 38.5 Å². The molecule has 1 fully saturated rings. The van der Waals surface area contributed by atoms with Crippen molar-refractivity contribution in [2.75, 3.05) is 19.6 Å². The van der Waals surface area contributed by atoms with E-state index in [2.05, 4.69) is 9.64 Å². The fourth-order valence-electron chi connectivity index (χ4n) is 2.52. The van der Waals surface area contributed by atoms with Crippen molar-refractivity contribution in [3.05, 3.63) is 29.8 Å². The predicted octanol–water partition coefficient (Wildman–Crippen LogP) is 2.46. The van der Waals surface area contributed by atoms with Crippen LogP contribution in [-0.4, -0.2) is 31.1 Å². The van der Waals surface area contributed by atoms with E-state index in [1.807, 2.05) is 12.1 Å². The predicted molar refractivity (Wildman–Crippen MR) is 70.1 cm³/mol. The first-order valence-corrected chi connectivity index (χ1v) is 6.63. The average Bonchev–Trinajstić information content (AvgIpc) is 2.41. The van der Waals surface area contributed by atoms with Crippen LogP contribution in [0.5, 0.6) is 5.75 Å². The third kappa shape index (κ3) is 4.44. The van der Waals surface area contributed by atoms with E-state index in [-0.39, 0.29) is 5.75 Å². The third-order valence-electron chi connectivity index (χ3n) is 3.49. The van der Waals surface area contributed by atoms with Gasteiger partial charge in [0.25, 0.3) is 0 Å². The minimum Gasteiger partial charge on any atom is -0.435 e. The number of alkyl halides is 2. The zero-order chi connectivity index (χ0) is 13.7. The van der Waals surface area contributed by atoms with Gasteiger partial charge < -0.3 is 10.5 Å². The number of rotatable bonds is 5. The zero-order valence-corrected chi connectivity index (χ0v) is 10.9. The molecule has 1 atom stereocenters. The van der Waals surface area contributed by atoms with Gasteiger partial charge in [-0.05, 0) is 49.5 Å². The maximum atomic E-state index is 12.0. The fraction of sp³-hybridized carbons (Fsp3) is 0.571. The van der Waals surface area contributed by atoms with Crippen LogP contribution in [0.25, 0.3) is 0 Å². The van der Waals surface area contributed by atoms with E-state index in [0.29, 0.717) is 5.92 Å². The molecule has 19 heavy (non-hydrogen) atoms. The molecule has 0 aliphatic carbocycles. The van der Waals surface area contributed by atoms with Crippen LogP contribution in [0.2, 0.25) is 0 Å². The minimum atomic E-state index is -2.77. The smallest absolute Gasteiger partial charge is 0.387 e. The molecule has 0 aromatic heterocycles. The lowest BCUT2D eigenvalue weighted by Gasteiger charge is -2.32. The Morgan fingerprint density at radius 2 is 2.05 bits per heavy atom. The van der Waals surface area contributed by atoms with Gasteiger partial charge in [0.05, 0.1) is 0 Å². The summed E-state index contributed by atoms with van der Waals surface area (Å²) in [6.07, 6.45) is 2.38. The molecule has 0 amide bonds. The molecule has 0 radical (unpaired) electrons. The van der Waals surface area contributed by atoms with E-state index < -0.39 is 6.61 Å². The van der Waals surface area contributed by atoms with Crippen molar-refractivity contribution in [3.63, 3.8) is 0 Å². The fourth-order valence-corrected chi connectivity index (χ4v) is 2.52. The van der Waals surface area contributed by atoms with Gasteiger partial charge in [-0.25, -0.2) is 0 Å². The summed E-state index contributed by atoms with van der Waals surface area (Å²) in [6.45, 7) is 0.902. The van der Waals surface area contributed by atoms with E-state index in [1.165, 1.54) is 12.8 Å². The second kappa shape index (κ2) is 6.82. The van der Waals surface area contributed by atoms with Crippen molar-refractivity contribution in [3.8, 4) is 5.75 Å². The molecular formula is C14H20F2N2O. The Morgan fingerprint density at radius 3 is 2.68 bits per heavy atom. The second-order valence-corrected chi connectivity index (χ2v) is 5.00. The monoisotopic (exact) mass is 270 g/mol. The molecule has 0 saturated carbocycles. The Labute approximate surface area is 112 Å². The Hall–Kier alpha value is -1.20. The number of ether oxygens (including phenoxy) is 1. The lowest BCUT2D eigenvalue weighted by molar-refractivity contribution is -0.0498. The van der Waals surface area contributed by atoms with Crippen molar-refractivity contribution in [1.82, 2.24) is 4.90 Å². The standard InChI is InChI=1S/C14H20F2N2O/c15-14(16)19-13-5-3-11(4-6-13)9-18-7-1-2-12(8-17)10-18/h3-6,12,14H,1-2,7-10,17H2. The van der Waals surface area contributed by atoms with Gasteiger partial charge in [-0.3, -0.25) is 4.90 Å². The van der Waals surface area contributed by atoms with Crippen LogP contribution < -0.4 is 10.5 Å². The number of nitrogens with two attached hydrogens (primary N) is 1. The van der Waals surface area contributed by atoms with Gasteiger partial charge in [-0.2, -0.15) is 8.78 Å². The van der Waals surface area contributed by atoms with E-state index in [4.69, 9.17) is 5.73 Å². The summed E-state index contributed by atoms with van der Waals surface area (Å²) in [7, 11) is 0. The molecule has 2 N–H and O–H groups in total. The lowest BCUT2D eigenvalue weighted by atomic mass is 9.98. The van der Waals surface area contributed by atoms with Crippen LogP contribution in [0, 0.1) is 5.92 Å². The van der Waals surface area contributed by atoms with E-state index in [9.17, 15) is 8.78 Å². The van der Waals surface area contributed by atoms with Crippen LogP contribution in [0.4, 0.5) is 8.78 Å². The summed E-state index contributed by atoms with van der Waals surface area (Å²) in [5.74, 6) is 0.785. The molecule has 5 heteroatoms. The number of halogens is 2. The average molecular weight is 270 g/mol. The third-order valence-corrected chi connectivity index (χ3v) is 3.49. The molecule has 0 spiro atoms. The number of likely N-dealkylation sites (tertiary alicyclic amines) is 1. The Balaban J connectivity index is 1.88. The molecule has 1 aromatic rings. The number of nitrogens with zero attached hydrogens (tertiary/aromatic N) is 1. The van der Waals surface area contributed by atoms with Gasteiger partial charge in [0, 0.05) is 13.1 Å². The second-order valence-electron chi connectivity index (χ2n) is 5.00. The normalized spacial score (nSPS) is 20.7. The summed E-state index contributed by atoms with van der Waals surface area (Å²) in [6, 6.07) is 6.85. The van der Waals surface area contributed by atoms with Crippen LogP contribution >= 0.6 is 0 Å². The van der Waals surface area contributed by atoms with Crippen molar-refractivity contribution in [2.45, 2.75) is 26.0 Å². The van der Waals surface area contributed by atoms with Crippen molar-refractivity contribution < 1.29 is 13.5 Å². The van der Waals surface area contributed by atoms with E-state index in [0.717, 1.165) is 31.7 Å². The summed E-state index contributed by atoms with van der Waals surface area (Å²) < 4.78 is 28.4. The van der Waals surface area contributed by atoms with Crippen molar-refractivity contribution >= 4 is 0 Å². The van der Waals surface area contributed by atoms with Crippen LogP contribution in [0.15, 0.2) is 24.3 Å². The maximum absolute atomic E-state index is 12.0. The maximum Gasteiger partial charge on any atom is 0.387 e. The summed E-state index contributed by atoms with van der Waals surface area (Å²) in [5.41, 5.74) is 6.82. The Kier molecular flexibility index (Phi) is 5.10. The number of hydrogen-bond acceptors (Lipinski definition) is 3. The number of benzene rings is 1. The minimum absolute atomic E-state index is 0.206. The van der Waals surface area contributed by atoms with Gasteiger partial charge in [-0.1, -0.05) is 12.1 Å². The van der Waals surface area contributed by atoms with Crippen LogP contribution in [0.1, 0.15) is 18.4 Å². The molecule has 1 unspecified atom stereocenters. The van der Waals surface area contributed by atoms with Gasteiger partial charge in [-0.15, -0.1) is 0 Å². The van der Waals surface area contributed by atoms with Crippen molar-refractivity contribution in [2.24, 2.45) is 11.7 Å². The highest BCUT2D eigenvalue weighted by Gasteiger charge is 2.18. The highest BCUT2D eigenvalue weighted by atomic mass is 19.3. The Bertz CT molecular complexity index is 384. The molecule has 2 rings (SSSR count). The van der Waals surface area contributed by atoms with E-state index in [1.54, 1.807) is 12.1 Å². The van der Waals surface area contributed by atoms with E-state index >= 15 is 0 Å². The van der Waals surface area contributed by atoms with Crippen LogP contribution in [0.3, 0.4) is 0 Å². The first-order valence-electron chi connectivity index (χ1n) is 6.63. The molecule has 1 aliphatic rings. The summed E-state index contributed by atoms with van der Waals surface area (Å²) in [5, 5.41) is 0. The quantitative estimate of drug-likeness (QED) is 0.893. The molecule has 1 aliphatic heterocycles. The molecule has 106 valence electrons. The largest absolute Gasteiger partial charge is 0.435 e. The van der Waals surface area contributed by atoms with Gasteiger partial charge in [0.15, 0.2) is 0 Å². The Morgan fingerprint density at radius 1 is 1.32 bits per heavy atom. The van der Waals surface area contributed by atoms with Gasteiger partial charge in [0.1, 0.15) is 5.75 Å². The lowest BCUT2D eigenvalue weighted by Crippen LogP contribution is -2.37. The van der Waals surface area contributed by atoms with Crippen LogP contribution in [-0.2, 0) is 6.54 Å². The number of hydrogen-bond donors (Lipinski definition) is 1. The number of piperidine rings is 1.